The molecule has 2 aromatic carbocycles. The zero-order chi connectivity index (χ0) is 23.5. The molecule has 1 aliphatic heterocycles. The van der Waals surface area contributed by atoms with Crippen molar-refractivity contribution in [1.82, 2.24) is 5.32 Å². The number of carbonyl (C=O) groups is 2. The van der Waals surface area contributed by atoms with Gasteiger partial charge in [-0.1, -0.05) is 42.2 Å². The first-order chi connectivity index (χ1) is 15.1. The van der Waals surface area contributed by atoms with Crippen LogP contribution in [0.3, 0.4) is 0 Å². The molecule has 176 valence electrons. The number of amides is 1. The fourth-order valence-electron chi connectivity index (χ4n) is 2.83. The molecule has 0 bridgehead atoms. The Labute approximate surface area is 203 Å². The minimum atomic E-state index is -4.68. The van der Waals surface area contributed by atoms with Gasteiger partial charge in [-0.05, 0) is 47.9 Å². The standard InChI is InChI=1S/C21H17F3N2O4S2.ClH/c1-29-19(28)15(25)9-11-2-5-13(6-3-11)30-16-7-4-12(8-14(16)21(22,23)24)10-17-18(27)26-20(31)32-17;/h2-8,10,15H,9,25H2,1H3,(H,26,27,31);1H/t15-;/m0./s1. The Morgan fingerprint density at radius 2 is 1.91 bits per heavy atom. The highest BCUT2D eigenvalue weighted by atomic mass is 35.5. The Balaban J connectivity index is 0.00000385. The van der Waals surface area contributed by atoms with Crippen molar-refractivity contribution in [3.8, 4) is 11.5 Å². The van der Waals surface area contributed by atoms with Gasteiger partial charge in [-0.2, -0.15) is 13.2 Å². The predicted octanol–water partition coefficient (Wildman–Crippen LogP) is 4.45. The summed E-state index contributed by atoms with van der Waals surface area (Å²) < 4.78 is 51.2. The summed E-state index contributed by atoms with van der Waals surface area (Å²) in [5.74, 6) is -1.24. The molecule has 6 nitrogen and oxygen atoms in total. The molecule has 0 aliphatic carbocycles. The van der Waals surface area contributed by atoms with Gasteiger partial charge in [-0.3, -0.25) is 9.59 Å². The number of rotatable bonds is 6. The number of halogens is 4. The van der Waals surface area contributed by atoms with Crippen LogP contribution in [-0.4, -0.2) is 29.3 Å². The minimum Gasteiger partial charge on any atom is -0.468 e. The SMILES string of the molecule is COC(=O)[C@@H](N)Cc1ccc(Oc2ccc(C=C3SC(=S)NC3=O)cc2C(F)(F)F)cc1.Cl. The Morgan fingerprint density at radius 3 is 2.45 bits per heavy atom. The molecule has 1 amide bonds. The summed E-state index contributed by atoms with van der Waals surface area (Å²) in [5, 5.41) is 2.41. The van der Waals surface area contributed by atoms with E-state index in [9.17, 15) is 22.8 Å². The molecule has 3 rings (SSSR count). The maximum Gasteiger partial charge on any atom is 0.420 e. The third kappa shape index (κ3) is 6.94. The van der Waals surface area contributed by atoms with E-state index in [2.05, 4.69) is 10.1 Å². The van der Waals surface area contributed by atoms with Crippen LogP contribution >= 0.6 is 36.4 Å². The van der Waals surface area contributed by atoms with Gasteiger partial charge in [-0.15, -0.1) is 12.4 Å². The first kappa shape index (κ1) is 26.7. The zero-order valence-electron chi connectivity index (χ0n) is 17.0. The molecule has 0 aromatic heterocycles. The molecule has 3 N–H and O–H groups in total. The van der Waals surface area contributed by atoms with Crippen LogP contribution in [0, 0.1) is 0 Å². The van der Waals surface area contributed by atoms with E-state index >= 15 is 0 Å². The molecule has 1 fully saturated rings. The van der Waals surface area contributed by atoms with Crippen molar-refractivity contribution in [3.63, 3.8) is 0 Å². The van der Waals surface area contributed by atoms with Crippen molar-refractivity contribution >= 4 is 58.7 Å². The lowest BCUT2D eigenvalue weighted by Gasteiger charge is -2.15. The van der Waals surface area contributed by atoms with Gasteiger partial charge in [0.25, 0.3) is 5.91 Å². The smallest absolute Gasteiger partial charge is 0.420 e. The second-order valence-electron chi connectivity index (χ2n) is 6.69. The van der Waals surface area contributed by atoms with Crippen LogP contribution in [0.15, 0.2) is 47.4 Å². The largest absolute Gasteiger partial charge is 0.468 e. The van der Waals surface area contributed by atoms with Crippen LogP contribution in [0.25, 0.3) is 6.08 Å². The molecule has 1 aliphatic rings. The Kier molecular flexibility index (Phi) is 8.89. The topological polar surface area (TPSA) is 90.7 Å². The molecule has 0 spiro atoms. The Hall–Kier alpha value is -2.60. The third-order valence-electron chi connectivity index (χ3n) is 4.36. The predicted molar refractivity (Wildman–Crippen MR) is 125 cm³/mol. The number of hydrogen-bond donors (Lipinski definition) is 2. The quantitative estimate of drug-likeness (QED) is 0.331. The molecular weight excluding hydrogens is 501 g/mol. The van der Waals surface area contributed by atoms with Crippen molar-refractivity contribution in [3.05, 3.63) is 64.1 Å². The van der Waals surface area contributed by atoms with Crippen LogP contribution in [0.1, 0.15) is 16.7 Å². The molecule has 1 heterocycles. The number of hydrogen-bond acceptors (Lipinski definition) is 7. The monoisotopic (exact) mass is 518 g/mol. The average molecular weight is 519 g/mol. The van der Waals surface area contributed by atoms with Crippen LogP contribution < -0.4 is 15.8 Å². The summed E-state index contributed by atoms with van der Waals surface area (Å²) in [7, 11) is 1.23. The molecule has 0 radical (unpaired) electrons. The molecule has 0 saturated carbocycles. The molecule has 0 unspecified atom stereocenters. The van der Waals surface area contributed by atoms with Crippen molar-refractivity contribution < 1.29 is 32.2 Å². The number of esters is 1. The van der Waals surface area contributed by atoms with Crippen molar-refractivity contribution in [2.75, 3.05) is 7.11 Å². The van der Waals surface area contributed by atoms with Gasteiger partial charge < -0.3 is 20.5 Å². The number of alkyl halides is 3. The second kappa shape index (κ2) is 11.0. The molecule has 2 aromatic rings. The number of benzene rings is 2. The number of nitrogens with one attached hydrogen (secondary N) is 1. The van der Waals surface area contributed by atoms with Crippen LogP contribution in [-0.2, 0) is 26.9 Å². The second-order valence-corrected chi connectivity index (χ2v) is 8.40. The maximum absolute atomic E-state index is 13.6. The normalized spacial score (nSPS) is 15.6. The summed E-state index contributed by atoms with van der Waals surface area (Å²) in [5.41, 5.74) is 5.59. The summed E-state index contributed by atoms with van der Waals surface area (Å²) in [4.78, 5) is 23.4. The van der Waals surface area contributed by atoms with E-state index in [0.717, 1.165) is 17.8 Å². The van der Waals surface area contributed by atoms with E-state index in [1.165, 1.54) is 37.5 Å². The van der Waals surface area contributed by atoms with Crippen LogP contribution in [0.2, 0.25) is 0 Å². The van der Waals surface area contributed by atoms with Gasteiger partial charge in [0.15, 0.2) is 0 Å². The fourth-order valence-corrected chi connectivity index (χ4v) is 3.87. The van der Waals surface area contributed by atoms with Crippen LogP contribution in [0.5, 0.6) is 11.5 Å². The molecule has 33 heavy (non-hydrogen) atoms. The number of carbonyl (C=O) groups excluding carboxylic acids is 2. The molecule has 1 atom stereocenters. The lowest BCUT2D eigenvalue weighted by atomic mass is 10.1. The molecule has 1 saturated heterocycles. The molecular formula is C21H18ClF3N2O4S2. The van der Waals surface area contributed by atoms with E-state index in [0.29, 0.717) is 5.56 Å². The number of ether oxygens (including phenoxy) is 2. The van der Waals surface area contributed by atoms with Crippen molar-refractivity contribution in [1.29, 1.82) is 0 Å². The number of thioether (sulfide) groups is 1. The maximum atomic E-state index is 13.6. The van der Waals surface area contributed by atoms with Gasteiger partial charge in [0.1, 0.15) is 21.9 Å². The Morgan fingerprint density at radius 1 is 1.24 bits per heavy atom. The lowest BCUT2D eigenvalue weighted by molar-refractivity contribution is -0.142. The minimum absolute atomic E-state index is 0. The van der Waals surface area contributed by atoms with Gasteiger partial charge >= 0.3 is 12.1 Å². The highest BCUT2D eigenvalue weighted by Gasteiger charge is 2.35. The number of thiocarbonyl (C=S) groups is 1. The van der Waals surface area contributed by atoms with E-state index in [-0.39, 0.29) is 39.4 Å². The average Bonchev–Trinajstić information content (AvgIpc) is 3.05. The zero-order valence-corrected chi connectivity index (χ0v) is 19.4. The number of methoxy groups -OCH3 is 1. The highest BCUT2D eigenvalue weighted by molar-refractivity contribution is 8.26. The van der Waals surface area contributed by atoms with E-state index in [4.69, 9.17) is 22.7 Å². The number of nitrogens with two attached hydrogens (primary N) is 1. The molecule has 12 heteroatoms. The van der Waals surface area contributed by atoms with Gasteiger partial charge in [0.05, 0.1) is 17.6 Å². The van der Waals surface area contributed by atoms with E-state index in [1.807, 2.05) is 0 Å². The summed E-state index contributed by atoms with van der Waals surface area (Å²) in [6.45, 7) is 0. The third-order valence-corrected chi connectivity index (χ3v) is 5.52. The van der Waals surface area contributed by atoms with Gasteiger partial charge in [-0.25, -0.2) is 0 Å². The van der Waals surface area contributed by atoms with Gasteiger partial charge in [0, 0.05) is 0 Å². The first-order valence-electron chi connectivity index (χ1n) is 9.13. The fraction of sp³-hybridized carbons (Fsp3) is 0.190. The summed E-state index contributed by atoms with van der Waals surface area (Å²) >= 11 is 5.86. The van der Waals surface area contributed by atoms with Gasteiger partial charge in [0.2, 0.25) is 0 Å². The highest BCUT2D eigenvalue weighted by Crippen LogP contribution is 2.39. The summed E-state index contributed by atoms with van der Waals surface area (Å²) in [6.07, 6.45) is -3.14. The van der Waals surface area contributed by atoms with Crippen molar-refractivity contribution in [2.45, 2.75) is 18.6 Å². The van der Waals surface area contributed by atoms with Crippen LogP contribution in [0.4, 0.5) is 13.2 Å². The summed E-state index contributed by atoms with van der Waals surface area (Å²) in [6, 6.07) is 8.82. The lowest BCUT2D eigenvalue weighted by Crippen LogP contribution is -2.33. The van der Waals surface area contributed by atoms with E-state index in [1.54, 1.807) is 12.1 Å². The first-order valence-corrected chi connectivity index (χ1v) is 10.4. The van der Waals surface area contributed by atoms with Crippen molar-refractivity contribution in [2.24, 2.45) is 5.73 Å². The Bertz CT molecular complexity index is 1090. The van der Waals surface area contributed by atoms with E-state index < -0.39 is 35.4 Å².